The van der Waals surface area contributed by atoms with Crippen LogP contribution >= 0.6 is 24.2 Å². The van der Waals surface area contributed by atoms with Crippen molar-refractivity contribution in [3.63, 3.8) is 0 Å². The summed E-state index contributed by atoms with van der Waals surface area (Å²) >= 11 is 11.1. The van der Waals surface area contributed by atoms with Gasteiger partial charge in [0.25, 0.3) is 0 Å². The van der Waals surface area contributed by atoms with Gasteiger partial charge in [-0.2, -0.15) is 0 Å². The van der Waals surface area contributed by atoms with E-state index < -0.39 is 11.5 Å². The zero-order valence-electron chi connectivity index (χ0n) is 18.7. The first-order valence-corrected chi connectivity index (χ1v) is 11.1. The fraction of sp³-hybridized carbons (Fsp3) is 0.417. The number of benzene rings is 2. The summed E-state index contributed by atoms with van der Waals surface area (Å²) in [4.78, 5) is 26.9. The molecule has 7 heteroatoms. The van der Waals surface area contributed by atoms with Crippen LogP contribution in [0.2, 0.25) is 5.02 Å². The number of likely N-dealkylation sites (N-methyl/N-ethyl adjacent to an activating group) is 1. The van der Waals surface area contributed by atoms with Crippen LogP contribution in [0.4, 0.5) is 0 Å². The summed E-state index contributed by atoms with van der Waals surface area (Å²) in [6, 6.07) is 12.1. The lowest BCUT2D eigenvalue weighted by Crippen LogP contribution is -2.53. The third-order valence-electron chi connectivity index (χ3n) is 5.33. The lowest BCUT2D eigenvalue weighted by molar-refractivity contribution is -0.132. The van der Waals surface area contributed by atoms with Gasteiger partial charge in [-0.05, 0) is 54.7 Å². The van der Waals surface area contributed by atoms with Crippen LogP contribution in [0.3, 0.4) is 0 Å². The summed E-state index contributed by atoms with van der Waals surface area (Å²) in [5, 5.41) is 6.10. The Morgan fingerprint density at radius 3 is 2.32 bits per heavy atom. The van der Waals surface area contributed by atoms with Crippen molar-refractivity contribution < 1.29 is 14.3 Å². The van der Waals surface area contributed by atoms with Crippen LogP contribution in [0.5, 0.6) is 5.75 Å². The van der Waals surface area contributed by atoms with E-state index >= 15 is 0 Å². The van der Waals surface area contributed by atoms with Crippen molar-refractivity contribution in [2.45, 2.75) is 50.0 Å². The van der Waals surface area contributed by atoms with Gasteiger partial charge in [0.1, 0.15) is 11.8 Å². The normalized spacial score (nSPS) is 13.9. The predicted molar refractivity (Wildman–Crippen MR) is 128 cm³/mol. The summed E-state index contributed by atoms with van der Waals surface area (Å²) < 4.78 is 5.19. The van der Waals surface area contributed by atoms with Gasteiger partial charge >= 0.3 is 0 Å². The Morgan fingerprint density at radius 1 is 1.16 bits per heavy atom. The minimum atomic E-state index is -0.949. The molecule has 0 spiro atoms. The molecule has 2 aromatic rings. The fourth-order valence-corrected chi connectivity index (χ4v) is 4.78. The number of ether oxygens (including phenoxy) is 1. The van der Waals surface area contributed by atoms with Gasteiger partial charge in [-0.3, -0.25) is 9.59 Å². The second-order valence-electron chi connectivity index (χ2n) is 8.26. The van der Waals surface area contributed by atoms with Crippen LogP contribution in [0, 0.1) is 5.92 Å². The summed E-state index contributed by atoms with van der Waals surface area (Å²) in [6.07, 6.45) is 0.905. The topological polar surface area (TPSA) is 67.4 Å². The molecule has 2 rings (SSSR count). The maximum Gasteiger partial charge on any atom is 0.242 e. The predicted octanol–water partition coefficient (Wildman–Crippen LogP) is 4.41. The molecular formula is C24H31ClN2O3S. The quantitative estimate of drug-likeness (QED) is 0.483. The third kappa shape index (κ3) is 6.17. The lowest BCUT2D eigenvalue weighted by atomic mass is 9.75. The van der Waals surface area contributed by atoms with Crippen LogP contribution in [0.15, 0.2) is 47.4 Å². The van der Waals surface area contributed by atoms with E-state index in [2.05, 4.69) is 23.3 Å². The molecule has 0 aliphatic carbocycles. The Bertz CT molecular complexity index is 897. The highest BCUT2D eigenvalue weighted by Gasteiger charge is 2.40. The molecule has 31 heavy (non-hydrogen) atoms. The standard InChI is InChI=1S/C24H31ClN2O3S/c1-15(2)14-24(3,21-18(25)7-6-8-20(21)31)23(29)27-19(22(28)26-4)13-16-9-11-17(30-5)12-10-16/h6-12,15,19,31H,13-14H2,1-5H3,(H,26,28)(H,27,29)/t19-,24?/m0/s1. The van der Waals surface area contributed by atoms with Crippen molar-refractivity contribution >= 4 is 36.0 Å². The molecule has 2 atom stereocenters. The number of amides is 2. The van der Waals surface area contributed by atoms with Crippen LogP contribution < -0.4 is 15.4 Å². The molecule has 168 valence electrons. The number of thiol groups is 1. The molecule has 0 aliphatic rings. The Morgan fingerprint density at radius 2 is 1.81 bits per heavy atom. The molecule has 0 radical (unpaired) electrons. The van der Waals surface area contributed by atoms with E-state index in [0.717, 1.165) is 11.3 Å². The average Bonchev–Trinajstić information content (AvgIpc) is 2.72. The molecule has 0 saturated carbocycles. The van der Waals surface area contributed by atoms with Crippen molar-refractivity contribution in [1.82, 2.24) is 10.6 Å². The maximum atomic E-state index is 13.6. The van der Waals surface area contributed by atoms with Gasteiger partial charge < -0.3 is 15.4 Å². The second-order valence-corrected chi connectivity index (χ2v) is 9.15. The molecule has 0 aromatic heterocycles. The highest BCUT2D eigenvalue weighted by Crippen LogP contribution is 2.39. The molecule has 2 N–H and O–H groups in total. The van der Waals surface area contributed by atoms with Crippen molar-refractivity contribution in [3.05, 3.63) is 58.6 Å². The molecule has 0 fully saturated rings. The molecule has 1 unspecified atom stereocenters. The van der Waals surface area contributed by atoms with Crippen LogP contribution in [0.1, 0.15) is 38.3 Å². The number of nitrogens with one attached hydrogen (secondary N) is 2. The van der Waals surface area contributed by atoms with Crippen LogP contribution in [-0.4, -0.2) is 32.0 Å². The monoisotopic (exact) mass is 462 g/mol. The molecule has 2 amide bonds. The second kappa shape index (κ2) is 10.9. The van der Waals surface area contributed by atoms with Crippen molar-refractivity contribution in [2.24, 2.45) is 5.92 Å². The first-order valence-electron chi connectivity index (χ1n) is 10.3. The van der Waals surface area contributed by atoms with E-state index in [1.807, 2.05) is 51.1 Å². The molecule has 0 bridgehead atoms. The number of carbonyl (C=O) groups is 2. The number of methoxy groups -OCH3 is 1. The van der Waals surface area contributed by atoms with Crippen LogP contribution in [-0.2, 0) is 21.4 Å². The Kier molecular flexibility index (Phi) is 8.83. The lowest BCUT2D eigenvalue weighted by Gasteiger charge is -2.34. The van der Waals surface area contributed by atoms with E-state index in [-0.39, 0.29) is 17.7 Å². The van der Waals surface area contributed by atoms with Gasteiger partial charge in [-0.15, -0.1) is 12.6 Å². The zero-order valence-corrected chi connectivity index (χ0v) is 20.3. The van der Waals surface area contributed by atoms with E-state index in [9.17, 15) is 9.59 Å². The fourth-order valence-electron chi connectivity index (χ4n) is 3.88. The van der Waals surface area contributed by atoms with Crippen LogP contribution in [0.25, 0.3) is 0 Å². The number of hydrogen-bond donors (Lipinski definition) is 3. The summed E-state index contributed by atoms with van der Waals surface area (Å²) in [5.74, 6) is 0.432. The van der Waals surface area contributed by atoms with Crippen molar-refractivity contribution in [1.29, 1.82) is 0 Å². The van der Waals surface area contributed by atoms with Gasteiger partial charge in [0.05, 0.1) is 12.5 Å². The third-order valence-corrected chi connectivity index (χ3v) is 6.02. The molecule has 0 saturated heterocycles. The summed E-state index contributed by atoms with van der Waals surface area (Å²) in [6.45, 7) is 5.96. The number of rotatable bonds is 9. The van der Waals surface area contributed by atoms with E-state index in [0.29, 0.717) is 28.3 Å². The van der Waals surface area contributed by atoms with Crippen molar-refractivity contribution in [3.8, 4) is 5.75 Å². The first kappa shape index (κ1) is 25.1. The number of halogens is 1. The van der Waals surface area contributed by atoms with Gasteiger partial charge in [-0.25, -0.2) is 0 Å². The van der Waals surface area contributed by atoms with Gasteiger partial charge in [0, 0.05) is 23.4 Å². The maximum absolute atomic E-state index is 13.6. The Labute approximate surface area is 195 Å². The Balaban J connectivity index is 2.38. The van der Waals surface area contributed by atoms with Gasteiger partial charge in [-0.1, -0.05) is 43.6 Å². The SMILES string of the molecule is CNC(=O)[C@H](Cc1ccc(OC)cc1)NC(=O)C(C)(CC(C)C)c1c(S)cccc1Cl. The van der Waals surface area contributed by atoms with Crippen molar-refractivity contribution in [2.75, 3.05) is 14.2 Å². The minimum absolute atomic E-state index is 0.222. The van der Waals surface area contributed by atoms with E-state index in [1.165, 1.54) is 0 Å². The molecule has 2 aromatic carbocycles. The highest BCUT2D eigenvalue weighted by atomic mass is 35.5. The molecule has 0 aliphatic heterocycles. The summed E-state index contributed by atoms with van der Waals surface area (Å²) in [5.41, 5.74) is 0.634. The molecule has 0 heterocycles. The van der Waals surface area contributed by atoms with Gasteiger partial charge in [0.15, 0.2) is 0 Å². The zero-order chi connectivity index (χ0) is 23.2. The van der Waals surface area contributed by atoms with Gasteiger partial charge in [0.2, 0.25) is 11.8 Å². The smallest absolute Gasteiger partial charge is 0.242 e. The van der Waals surface area contributed by atoms with E-state index in [4.69, 9.17) is 16.3 Å². The number of hydrogen-bond acceptors (Lipinski definition) is 4. The molecule has 5 nitrogen and oxygen atoms in total. The first-order chi connectivity index (χ1) is 14.6. The minimum Gasteiger partial charge on any atom is -0.497 e. The van der Waals surface area contributed by atoms with E-state index in [1.54, 1.807) is 26.3 Å². The molecular weight excluding hydrogens is 432 g/mol. The average molecular weight is 463 g/mol. The highest BCUT2D eigenvalue weighted by molar-refractivity contribution is 7.80. The largest absolute Gasteiger partial charge is 0.497 e. The summed E-state index contributed by atoms with van der Waals surface area (Å²) in [7, 11) is 3.16. The Hall–Kier alpha value is -2.18. The number of carbonyl (C=O) groups excluding carboxylic acids is 2.